The van der Waals surface area contributed by atoms with E-state index < -0.39 is 4.92 Å². The molecule has 2 rings (SSSR count). The first-order valence-electron chi connectivity index (χ1n) is 7.29. The van der Waals surface area contributed by atoms with E-state index in [0.29, 0.717) is 31.2 Å². The number of aromatic nitrogens is 1. The number of rotatable bonds is 8. The molecule has 0 aliphatic carbocycles. The fourth-order valence-corrected chi connectivity index (χ4v) is 1.99. The third kappa shape index (κ3) is 4.83. The first kappa shape index (κ1) is 17.0. The van der Waals surface area contributed by atoms with Gasteiger partial charge in [-0.05, 0) is 11.6 Å². The van der Waals surface area contributed by atoms with Crippen molar-refractivity contribution in [1.82, 2.24) is 4.98 Å². The summed E-state index contributed by atoms with van der Waals surface area (Å²) in [6, 6.07) is 12.5. The molecule has 1 aromatic heterocycles. The van der Waals surface area contributed by atoms with Crippen LogP contribution < -0.4 is 22.2 Å². The molecule has 9 heteroatoms. The van der Waals surface area contributed by atoms with Gasteiger partial charge in [-0.3, -0.25) is 10.1 Å². The summed E-state index contributed by atoms with van der Waals surface area (Å²) in [4.78, 5) is 14.9. The van der Waals surface area contributed by atoms with Crippen molar-refractivity contribution in [2.45, 2.75) is 13.0 Å². The van der Waals surface area contributed by atoms with E-state index in [4.69, 9.17) is 11.6 Å². The summed E-state index contributed by atoms with van der Waals surface area (Å²) in [5.41, 5.74) is 6.42. The number of amidine groups is 1. The van der Waals surface area contributed by atoms with Gasteiger partial charge in [-0.2, -0.15) is 5.10 Å². The van der Waals surface area contributed by atoms with Crippen LogP contribution in [0.1, 0.15) is 12.0 Å². The van der Waals surface area contributed by atoms with E-state index in [1.165, 1.54) is 6.07 Å². The van der Waals surface area contributed by atoms with Gasteiger partial charge in [-0.15, -0.1) is 0 Å². The quantitative estimate of drug-likeness (QED) is 0.189. The van der Waals surface area contributed by atoms with Crippen LogP contribution in [0, 0.1) is 10.1 Å². The molecule has 1 heterocycles. The van der Waals surface area contributed by atoms with E-state index >= 15 is 0 Å². The van der Waals surface area contributed by atoms with Crippen molar-refractivity contribution in [1.29, 1.82) is 0 Å². The summed E-state index contributed by atoms with van der Waals surface area (Å²) >= 11 is 0. The van der Waals surface area contributed by atoms with Gasteiger partial charge < -0.3 is 22.2 Å². The smallest absolute Gasteiger partial charge is 0.311 e. The van der Waals surface area contributed by atoms with E-state index in [0.717, 1.165) is 5.56 Å². The second-order valence-electron chi connectivity index (χ2n) is 4.96. The maximum Gasteiger partial charge on any atom is 0.311 e. The third-order valence-electron chi connectivity index (χ3n) is 3.23. The number of anilines is 2. The molecule has 2 aromatic rings. The molecule has 0 radical (unpaired) electrons. The van der Waals surface area contributed by atoms with Gasteiger partial charge in [0, 0.05) is 25.6 Å². The van der Waals surface area contributed by atoms with Gasteiger partial charge in [-0.1, -0.05) is 30.3 Å². The second-order valence-corrected chi connectivity index (χ2v) is 4.96. The zero-order valence-corrected chi connectivity index (χ0v) is 13.0. The highest BCUT2D eigenvalue weighted by atomic mass is 16.6. The highest BCUT2D eigenvalue weighted by Gasteiger charge is 2.15. The van der Waals surface area contributed by atoms with Gasteiger partial charge in [0.25, 0.3) is 0 Å². The number of hydrogen-bond acceptors (Lipinski definition) is 7. The van der Waals surface area contributed by atoms with Crippen molar-refractivity contribution in [2.24, 2.45) is 16.7 Å². The number of hydrogen-bond donors (Lipinski definition) is 4. The van der Waals surface area contributed by atoms with E-state index in [1.807, 2.05) is 30.3 Å². The standard InChI is InChI=1S/C15H19N7O2/c16-13(21-17)8-9-18-14-7-6-12(22(23)24)15(20-14)19-10-11-4-2-1-3-5-11/h1-7H,8-10,17H2,(H2,16,21)(H2,18,19,20). The number of benzene rings is 1. The van der Waals surface area contributed by atoms with Crippen LogP contribution in [0.2, 0.25) is 0 Å². The van der Waals surface area contributed by atoms with Crippen LogP contribution in [0.25, 0.3) is 0 Å². The lowest BCUT2D eigenvalue weighted by Crippen LogP contribution is -2.18. The summed E-state index contributed by atoms with van der Waals surface area (Å²) in [6.07, 6.45) is 0.446. The summed E-state index contributed by atoms with van der Waals surface area (Å²) in [7, 11) is 0. The van der Waals surface area contributed by atoms with Crippen LogP contribution in [0.4, 0.5) is 17.3 Å². The average molecular weight is 329 g/mol. The molecule has 9 nitrogen and oxygen atoms in total. The average Bonchev–Trinajstić information content (AvgIpc) is 2.60. The molecular formula is C15H19N7O2. The molecule has 0 bridgehead atoms. The molecule has 0 saturated heterocycles. The van der Waals surface area contributed by atoms with E-state index in [1.54, 1.807) is 6.07 Å². The number of nitrogens with two attached hydrogens (primary N) is 2. The Morgan fingerprint density at radius 1 is 1.21 bits per heavy atom. The Bertz CT molecular complexity index is 719. The molecule has 126 valence electrons. The molecule has 0 aliphatic rings. The van der Waals surface area contributed by atoms with Gasteiger partial charge in [-0.25, -0.2) is 4.98 Å². The highest BCUT2D eigenvalue weighted by Crippen LogP contribution is 2.24. The molecule has 0 amide bonds. The normalized spacial score (nSPS) is 11.1. The minimum absolute atomic E-state index is 0.0838. The molecule has 0 fully saturated rings. The predicted molar refractivity (Wildman–Crippen MR) is 93.6 cm³/mol. The molecule has 1 aromatic carbocycles. The Labute approximate surface area is 138 Å². The van der Waals surface area contributed by atoms with Crippen molar-refractivity contribution < 1.29 is 4.92 Å². The first-order chi connectivity index (χ1) is 11.6. The second kappa shape index (κ2) is 8.32. The van der Waals surface area contributed by atoms with Gasteiger partial charge in [0.05, 0.1) is 4.92 Å². The van der Waals surface area contributed by atoms with E-state index in [-0.39, 0.29) is 11.5 Å². The van der Waals surface area contributed by atoms with Crippen molar-refractivity contribution >= 4 is 23.2 Å². The van der Waals surface area contributed by atoms with Crippen LogP contribution in [0.15, 0.2) is 47.6 Å². The van der Waals surface area contributed by atoms with Crippen LogP contribution in [0.3, 0.4) is 0 Å². The molecule has 0 unspecified atom stereocenters. The van der Waals surface area contributed by atoms with E-state index in [9.17, 15) is 10.1 Å². The number of hydrazone groups is 1. The summed E-state index contributed by atoms with van der Waals surface area (Å²) in [6.45, 7) is 0.903. The molecule has 0 spiro atoms. The predicted octanol–water partition coefficient (Wildman–Crippen LogP) is 1.63. The van der Waals surface area contributed by atoms with Gasteiger partial charge >= 0.3 is 5.69 Å². The fraction of sp³-hybridized carbons (Fsp3) is 0.200. The number of nitrogens with one attached hydrogen (secondary N) is 2. The van der Waals surface area contributed by atoms with Gasteiger partial charge in [0.1, 0.15) is 11.7 Å². The van der Waals surface area contributed by atoms with Crippen LogP contribution >= 0.6 is 0 Å². The minimum atomic E-state index is -0.469. The number of pyridine rings is 1. The lowest BCUT2D eigenvalue weighted by atomic mass is 10.2. The molecule has 0 aliphatic heterocycles. The summed E-state index contributed by atoms with van der Waals surface area (Å²) < 4.78 is 0. The largest absolute Gasteiger partial charge is 0.386 e. The molecular weight excluding hydrogens is 310 g/mol. The van der Waals surface area contributed by atoms with Gasteiger partial charge in [0.2, 0.25) is 5.82 Å². The summed E-state index contributed by atoms with van der Waals surface area (Å²) in [5.74, 6) is 6.07. The van der Waals surface area contributed by atoms with Crippen molar-refractivity contribution in [3.8, 4) is 0 Å². The van der Waals surface area contributed by atoms with E-state index in [2.05, 4.69) is 20.7 Å². The number of nitrogens with zero attached hydrogens (tertiary/aromatic N) is 3. The molecule has 24 heavy (non-hydrogen) atoms. The topological polar surface area (TPSA) is 144 Å². The Balaban J connectivity index is 2.08. The minimum Gasteiger partial charge on any atom is -0.386 e. The SMILES string of the molecule is NN=C(N)CCNc1ccc([N+](=O)[O-])c(NCc2ccccc2)n1. The van der Waals surface area contributed by atoms with Crippen LogP contribution in [-0.4, -0.2) is 22.3 Å². The van der Waals surface area contributed by atoms with Crippen LogP contribution in [-0.2, 0) is 6.54 Å². The lowest BCUT2D eigenvalue weighted by molar-refractivity contribution is -0.384. The number of nitro groups is 1. The Hall–Kier alpha value is -3.36. The monoisotopic (exact) mass is 329 g/mol. The van der Waals surface area contributed by atoms with Crippen molar-refractivity contribution in [2.75, 3.05) is 17.2 Å². The zero-order chi connectivity index (χ0) is 17.4. The first-order valence-corrected chi connectivity index (χ1v) is 7.29. The Morgan fingerprint density at radius 3 is 2.62 bits per heavy atom. The molecule has 0 saturated carbocycles. The van der Waals surface area contributed by atoms with Crippen LogP contribution in [0.5, 0.6) is 0 Å². The van der Waals surface area contributed by atoms with Crippen molar-refractivity contribution in [3.63, 3.8) is 0 Å². The third-order valence-corrected chi connectivity index (χ3v) is 3.23. The highest BCUT2D eigenvalue weighted by molar-refractivity contribution is 5.80. The van der Waals surface area contributed by atoms with Crippen molar-refractivity contribution in [3.05, 3.63) is 58.1 Å². The lowest BCUT2D eigenvalue weighted by Gasteiger charge is -2.10. The Morgan fingerprint density at radius 2 is 1.96 bits per heavy atom. The Kier molecular flexibility index (Phi) is 5.89. The molecule has 0 atom stereocenters. The maximum atomic E-state index is 11.1. The zero-order valence-electron chi connectivity index (χ0n) is 13.0. The summed E-state index contributed by atoms with van der Waals surface area (Å²) in [5, 5.41) is 20.5. The maximum absolute atomic E-state index is 11.1. The van der Waals surface area contributed by atoms with Gasteiger partial charge in [0.15, 0.2) is 0 Å². The molecule has 6 N–H and O–H groups in total. The fourth-order valence-electron chi connectivity index (χ4n) is 1.99.